The second kappa shape index (κ2) is 3.57. The molecule has 0 saturated carbocycles. The fourth-order valence-electron chi connectivity index (χ4n) is 1.28. The standard InChI is InChI=1S/C10H8F2N2/c11-9-4-8(5-10(12)6-9)7-14-3-1-2-13-14/h1-6H,7H2. The molecule has 0 atom stereocenters. The number of rotatable bonds is 2. The van der Waals surface area contributed by atoms with E-state index in [-0.39, 0.29) is 0 Å². The average Bonchev–Trinajstić information content (AvgIpc) is 2.54. The van der Waals surface area contributed by atoms with Crippen molar-refractivity contribution in [1.29, 1.82) is 0 Å². The third-order valence-electron chi connectivity index (χ3n) is 1.83. The Morgan fingerprint density at radius 1 is 1.14 bits per heavy atom. The van der Waals surface area contributed by atoms with Crippen LogP contribution in [0.15, 0.2) is 36.7 Å². The summed E-state index contributed by atoms with van der Waals surface area (Å²) in [5.74, 6) is -1.13. The Hall–Kier alpha value is -1.71. The van der Waals surface area contributed by atoms with Gasteiger partial charge in [-0.1, -0.05) is 0 Å². The van der Waals surface area contributed by atoms with Crippen LogP contribution in [0.3, 0.4) is 0 Å². The highest BCUT2D eigenvalue weighted by Gasteiger charge is 2.01. The number of nitrogens with zero attached hydrogens (tertiary/aromatic N) is 2. The average molecular weight is 194 g/mol. The molecule has 1 aromatic heterocycles. The summed E-state index contributed by atoms with van der Waals surface area (Å²) in [5, 5.41) is 3.94. The molecule has 0 N–H and O–H groups in total. The fourth-order valence-corrected chi connectivity index (χ4v) is 1.28. The topological polar surface area (TPSA) is 17.8 Å². The lowest BCUT2D eigenvalue weighted by Gasteiger charge is -2.02. The van der Waals surface area contributed by atoms with Crippen molar-refractivity contribution < 1.29 is 8.78 Å². The summed E-state index contributed by atoms with van der Waals surface area (Å²) in [6.45, 7) is 0.377. The van der Waals surface area contributed by atoms with Crippen molar-refractivity contribution in [2.24, 2.45) is 0 Å². The molecular formula is C10H8F2N2. The second-order valence-electron chi connectivity index (χ2n) is 2.98. The zero-order valence-corrected chi connectivity index (χ0v) is 7.32. The van der Waals surface area contributed by atoms with E-state index in [1.165, 1.54) is 12.1 Å². The van der Waals surface area contributed by atoms with Crippen LogP contribution in [0, 0.1) is 11.6 Å². The lowest BCUT2D eigenvalue weighted by atomic mass is 10.2. The Morgan fingerprint density at radius 2 is 1.86 bits per heavy atom. The van der Waals surface area contributed by atoms with Gasteiger partial charge in [0.05, 0.1) is 6.54 Å². The Balaban J connectivity index is 2.25. The summed E-state index contributed by atoms with van der Waals surface area (Å²) in [4.78, 5) is 0. The summed E-state index contributed by atoms with van der Waals surface area (Å²) < 4.78 is 27.2. The first-order valence-electron chi connectivity index (χ1n) is 4.16. The van der Waals surface area contributed by atoms with Gasteiger partial charge in [-0.25, -0.2) is 8.78 Å². The van der Waals surface area contributed by atoms with Gasteiger partial charge in [0.25, 0.3) is 0 Å². The van der Waals surface area contributed by atoms with E-state index in [2.05, 4.69) is 5.10 Å². The van der Waals surface area contributed by atoms with Crippen molar-refractivity contribution in [1.82, 2.24) is 9.78 Å². The summed E-state index contributed by atoms with van der Waals surface area (Å²) in [5.41, 5.74) is 0.561. The highest BCUT2D eigenvalue weighted by molar-refractivity contribution is 5.17. The van der Waals surface area contributed by atoms with Crippen LogP contribution in [-0.2, 0) is 6.54 Å². The molecule has 4 heteroatoms. The third kappa shape index (κ3) is 1.96. The maximum absolute atomic E-state index is 12.8. The van der Waals surface area contributed by atoms with E-state index in [9.17, 15) is 8.78 Å². The van der Waals surface area contributed by atoms with E-state index >= 15 is 0 Å². The van der Waals surface area contributed by atoms with Crippen LogP contribution in [0.1, 0.15) is 5.56 Å². The minimum absolute atomic E-state index is 0.377. The lowest BCUT2D eigenvalue weighted by Crippen LogP contribution is -2.00. The van der Waals surface area contributed by atoms with Gasteiger partial charge in [0.15, 0.2) is 0 Å². The van der Waals surface area contributed by atoms with Crippen molar-refractivity contribution in [3.8, 4) is 0 Å². The van der Waals surface area contributed by atoms with Gasteiger partial charge in [-0.15, -0.1) is 0 Å². The van der Waals surface area contributed by atoms with Crippen molar-refractivity contribution in [3.05, 3.63) is 53.9 Å². The minimum Gasteiger partial charge on any atom is -0.268 e. The van der Waals surface area contributed by atoms with E-state index in [1.54, 1.807) is 23.1 Å². The van der Waals surface area contributed by atoms with Crippen LogP contribution in [0.25, 0.3) is 0 Å². The molecule has 0 unspecified atom stereocenters. The minimum atomic E-state index is -0.563. The molecule has 0 fully saturated rings. The van der Waals surface area contributed by atoms with Crippen molar-refractivity contribution in [2.75, 3.05) is 0 Å². The van der Waals surface area contributed by atoms with Crippen LogP contribution in [0.5, 0.6) is 0 Å². The zero-order valence-electron chi connectivity index (χ0n) is 7.32. The van der Waals surface area contributed by atoms with Gasteiger partial charge in [-0.2, -0.15) is 5.10 Å². The normalized spacial score (nSPS) is 10.4. The predicted octanol–water partition coefficient (Wildman–Crippen LogP) is 2.21. The van der Waals surface area contributed by atoms with Gasteiger partial charge in [0, 0.05) is 18.5 Å². The van der Waals surface area contributed by atoms with E-state index in [1.807, 2.05) is 0 Å². The molecular weight excluding hydrogens is 186 g/mol. The van der Waals surface area contributed by atoms with Crippen LogP contribution < -0.4 is 0 Å². The van der Waals surface area contributed by atoms with E-state index in [4.69, 9.17) is 0 Å². The molecule has 2 rings (SSSR count). The zero-order chi connectivity index (χ0) is 9.97. The van der Waals surface area contributed by atoms with Gasteiger partial charge in [0.2, 0.25) is 0 Å². The molecule has 0 amide bonds. The predicted molar refractivity (Wildman–Crippen MR) is 47.7 cm³/mol. The van der Waals surface area contributed by atoms with Crippen LogP contribution in [0.2, 0.25) is 0 Å². The third-order valence-corrected chi connectivity index (χ3v) is 1.83. The summed E-state index contributed by atoms with van der Waals surface area (Å²) in [6, 6.07) is 5.21. The van der Waals surface area contributed by atoms with Crippen LogP contribution >= 0.6 is 0 Å². The Labute approximate surface area is 79.8 Å². The Kier molecular flexibility index (Phi) is 2.26. The summed E-state index contributed by atoms with van der Waals surface area (Å²) in [6.07, 6.45) is 3.36. The van der Waals surface area contributed by atoms with Gasteiger partial charge in [-0.05, 0) is 23.8 Å². The van der Waals surface area contributed by atoms with E-state index in [0.29, 0.717) is 12.1 Å². The molecule has 14 heavy (non-hydrogen) atoms. The van der Waals surface area contributed by atoms with Gasteiger partial charge < -0.3 is 0 Å². The fraction of sp³-hybridized carbons (Fsp3) is 0.100. The molecule has 1 aromatic carbocycles. The highest BCUT2D eigenvalue weighted by Crippen LogP contribution is 2.08. The first kappa shape index (κ1) is 8.87. The summed E-state index contributed by atoms with van der Waals surface area (Å²) in [7, 11) is 0. The first-order chi connectivity index (χ1) is 6.74. The number of halogens is 2. The highest BCUT2D eigenvalue weighted by atomic mass is 19.1. The van der Waals surface area contributed by atoms with Gasteiger partial charge in [0.1, 0.15) is 11.6 Å². The van der Waals surface area contributed by atoms with Gasteiger partial charge in [-0.3, -0.25) is 4.68 Å². The number of aromatic nitrogens is 2. The lowest BCUT2D eigenvalue weighted by molar-refractivity contribution is 0.574. The molecule has 1 heterocycles. The number of benzene rings is 1. The monoisotopic (exact) mass is 194 g/mol. The van der Waals surface area contributed by atoms with E-state index in [0.717, 1.165) is 6.07 Å². The quantitative estimate of drug-likeness (QED) is 0.716. The van der Waals surface area contributed by atoms with Crippen LogP contribution in [-0.4, -0.2) is 9.78 Å². The summed E-state index contributed by atoms with van der Waals surface area (Å²) >= 11 is 0. The molecule has 0 saturated heterocycles. The van der Waals surface area contributed by atoms with Crippen molar-refractivity contribution in [2.45, 2.75) is 6.54 Å². The molecule has 0 aliphatic heterocycles. The van der Waals surface area contributed by atoms with Crippen molar-refractivity contribution >= 4 is 0 Å². The first-order valence-corrected chi connectivity index (χ1v) is 4.16. The smallest absolute Gasteiger partial charge is 0.126 e. The molecule has 0 radical (unpaired) electrons. The largest absolute Gasteiger partial charge is 0.268 e. The molecule has 0 aliphatic rings. The molecule has 2 nitrogen and oxygen atoms in total. The van der Waals surface area contributed by atoms with Crippen molar-refractivity contribution in [3.63, 3.8) is 0 Å². The molecule has 0 spiro atoms. The maximum Gasteiger partial charge on any atom is 0.126 e. The molecule has 0 bridgehead atoms. The molecule has 0 aliphatic carbocycles. The SMILES string of the molecule is Fc1cc(F)cc(Cn2cccn2)c1. The maximum atomic E-state index is 12.8. The Morgan fingerprint density at radius 3 is 2.43 bits per heavy atom. The second-order valence-corrected chi connectivity index (χ2v) is 2.98. The molecule has 2 aromatic rings. The Bertz CT molecular complexity index is 403. The van der Waals surface area contributed by atoms with E-state index < -0.39 is 11.6 Å². The van der Waals surface area contributed by atoms with Crippen LogP contribution in [0.4, 0.5) is 8.78 Å². The molecule has 72 valence electrons. The number of hydrogen-bond donors (Lipinski definition) is 0. The van der Waals surface area contributed by atoms with Gasteiger partial charge >= 0.3 is 0 Å². The number of hydrogen-bond acceptors (Lipinski definition) is 1.